The Morgan fingerprint density at radius 3 is 2.34 bits per heavy atom. The first-order chi connectivity index (χ1) is 17.0. The second kappa shape index (κ2) is 8.98. The predicted octanol–water partition coefficient (Wildman–Crippen LogP) is 4.49. The maximum absolute atomic E-state index is 13.4. The summed E-state index contributed by atoms with van der Waals surface area (Å²) < 4.78 is 11.1. The van der Waals surface area contributed by atoms with E-state index in [-0.39, 0.29) is 23.8 Å². The monoisotopic (exact) mass is 468 g/mol. The van der Waals surface area contributed by atoms with E-state index in [4.69, 9.17) is 9.47 Å². The van der Waals surface area contributed by atoms with Crippen molar-refractivity contribution in [2.24, 2.45) is 4.99 Å². The van der Waals surface area contributed by atoms with Crippen molar-refractivity contribution in [1.82, 2.24) is 0 Å². The van der Waals surface area contributed by atoms with Gasteiger partial charge in [0, 0.05) is 23.6 Å². The number of benzene rings is 3. The summed E-state index contributed by atoms with van der Waals surface area (Å²) in [6.45, 7) is 0.0413. The van der Waals surface area contributed by atoms with Gasteiger partial charge in [0.15, 0.2) is 0 Å². The van der Waals surface area contributed by atoms with Crippen molar-refractivity contribution in [2.75, 3.05) is 0 Å². The number of aliphatic imine (C=N–C) groups is 1. The number of nitro groups is 1. The molecule has 1 aliphatic carbocycles. The molecule has 0 amide bonds. The van der Waals surface area contributed by atoms with Crippen LogP contribution < -0.4 is 0 Å². The average molecular weight is 468 g/mol. The van der Waals surface area contributed by atoms with Crippen LogP contribution in [0.15, 0.2) is 102 Å². The molecule has 0 saturated carbocycles. The van der Waals surface area contributed by atoms with Gasteiger partial charge >= 0.3 is 11.9 Å². The van der Waals surface area contributed by atoms with E-state index in [2.05, 4.69) is 4.99 Å². The molecular weight excluding hydrogens is 448 g/mol. The van der Waals surface area contributed by atoms with Gasteiger partial charge in [-0.1, -0.05) is 66.7 Å². The van der Waals surface area contributed by atoms with Gasteiger partial charge in [-0.2, -0.15) is 0 Å². The molecule has 0 fully saturated rings. The molecule has 174 valence electrons. The van der Waals surface area contributed by atoms with Gasteiger partial charge in [0.25, 0.3) is 5.69 Å². The Hall–Kier alpha value is -4.59. The number of hydrogen-bond acceptors (Lipinski definition) is 7. The molecule has 3 aromatic carbocycles. The third-order valence-corrected chi connectivity index (χ3v) is 6.21. The van der Waals surface area contributed by atoms with Crippen LogP contribution in [-0.4, -0.2) is 28.3 Å². The number of esters is 2. The maximum Gasteiger partial charge on any atom is 0.346 e. The summed E-state index contributed by atoms with van der Waals surface area (Å²) in [5.74, 6) is -1.81. The van der Waals surface area contributed by atoms with Crippen LogP contribution in [-0.2, 0) is 25.7 Å². The molecule has 0 saturated heterocycles. The second-order valence-electron chi connectivity index (χ2n) is 8.26. The number of hydrogen-bond donors (Lipinski definition) is 0. The Morgan fingerprint density at radius 1 is 1.03 bits per heavy atom. The SMILES string of the molecule is O=C(OCc1ccccc1)C1=CC[C@@H](c2ccc([N+](=O)[O-])cc2)[C@@]12N=C(c1ccccc1)OC2=O. The van der Waals surface area contributed by atoms with Crippen molar-refractivity contribution < 1.29 is 24.0 Å². The molecule has 2 aliphatic rings. The number of ether oxygens (including phenoxy) is 2. The molecule has 0 unspecified atom stereocenters. The van der Waals surface area contributed by atoms with E-state index >= 15 is 0 Å². The van der Waals surface area contributed by atoms with Crippen LogP contribution in [0.25, 0.3) is 0 Å². The number of allylic oxidation sites excluding steroid dienone is 1. The van der Waals surface area contributed by atoms with Crippen LogP contribution in [0.3, 0.4) is 0 Å². The van der Waals surface area contributed by atoms with Crippen molar-refractivity contribution >= 4 is 23.5 Å². The minimum atomic E-state index is -1.64. The van der Waals surface area contributed by atoms with Gasteiger partial charge in [-0.25, -0.2) is 14.6 Å². The van der Waals surface area contributed by atoms with Crippen molar-refractivity contribution in [2.45, 2.75) is 24.5 Å². The lowest BCUT2D eigenvalue weighted by atomic mass is 9.78. The third-order valence-electron chi connectivity index (χ3n) is 6.21. The van der Waals surface area contributed by atoms with E-state index < -0.39 is 28.3 Å². The van der Waals surface area contributed by atoms with Gasteiger partial charge in [0.1, 0.15) is 6.61 Å². The van der Waals surface area contributed by atoms with Crippen LogP contribution in [0.5, 0.6) is 0 Å². The molecule has 1 heterocycles. The van der Waals surface area contributed by atoms with Crippen molar-refractivity contribution in [1.29, 1.82) is 0 Å². The molecular formula is C27H20N2O6. The van der Waals surface area contributed by atoms with Crippen LogP contribution in [0.1, 0.15) is 29.0 Å². The minimum absolute atomic E-state index is 0.0413. The van der Waals surface area contributed by atoms with Gasteiger partial charge in [-0.15, -0.1) is 0 Å². The van der Waals surface area contributed by atoms with Gasteiger partial charge in [-0.05, 0) is 29.7 Å². The van der Waals surface area contributed by atoms with Crippen molar-refractivity contribution in [3.63, 3.8) is 0 Å². The number of rotatable bonds is 6. The lowest BCUT2D eigenvalue weighted by Gasteiger charge is -2.27. The summed E-state index contributed by atoms with van der Waals surface area (Å²) in [4.78, 5) is 42.0. The summed E-state index contributed by atoms with van der Waals surface area (Å²) in [5, 5.41) is 11.1. The van der Waals surface area contributed by atoms with E-state index in [0.29, 0.717) is 17.5 Å². The zero-order valence-electron chi connectivity index (χ0n) is 18.5. The lowest BCUT2D eigenvalue weighted by Crippen LogP contribution is -2.42. The standard InChI is InChI=1S/C27H20N2O6/c30-25(34-17-18-7-3-1-4-8-18)23-16-15-22(19-11-13-21(14-12-19)29(32)33)27(23)26(31)35-24(28-27)20-9-5-2-6-10-20/h1-14,16,22H,15,17H2/t22-,27+/m0/s1. The van der Waals surface area contributed by atoms with E-state index in [9.17, 15) is 19.7 Å². The van der Waals surface area contributed by atoms with Gasteiger partial charge in [0.2, 0.25) is 11.4 Å². The maximum atomic E-state index is 13.4. The van der Waals surface area contributed by atoms with E-state index in [1.165, 1.54) is 12.1 Å². The molecule has 35 heavy (non-hydrogen) atoms. The molecule has 3 aromatic rings. The number of non-ortho nitro benzene ring substituents is 1. The van der Waals surface area contributed by atoms with E-state index in [1.54, 1.807) is 42.5 Å². The van der Waals surface area contributed by atoms with Gasteiger partial charge in [-0.3, -0.25) is 10.1 Å². The first-order valence-corrected chi connectivity index (χ1v) is 11.0. The van der Waals surface area contributed by atoms with Crippen molar-refractivity contribution in [3.8, 4) is 0 Å². The molecule has 0 aromatic heterocycles. The Kier molecular flexibility index (Phi) is 5.70. The fourth-order valence-corrected chi connectivity index (χ4v) is 4.48. The predicted molar refractivity (Wildman–Crippen MR) is 127 cm³/mol. The number of carbonyl (C=O) groups is 2. The minimum Gasteiger partial charge on any atom is -0.457 e. The number of nitro benzene ring substituents is 1. The molecule has 2 atom stereocenters. The largest absolute Gasteiger partial charge is 0.457 e. The van der Waals surface area contributed by atoms with Crippen LogP contribution in [0.4, 0.5) is 5.69 Å². The summed E-state index contributed by atoms with van der Waals surface area (Å²) in [7, 11) is 0. The number of nitrogens with zero attached hydrogens (tertiary/aromatic N) is 2. The summed E-state index contributed by atoms with van der Waals surface area (Å²) in [6, 6.07) is 24.1. The Bertz CT molecular complexity index is 1350. The summed E-state index contributed by atoms with van der Waals surface area (Å²) >= 11 is 0. The molecule has 1 spiro atoms. The zero-order valence-corrected chi connectivity index (χ0v) is 18.5. The highest BCUT2D eigenvalue weighted by atomic mass is 16.6. The highest BCUT2D eigenvalue weighted by Gasteiger charge is 2.60. The quantitative estimate of drug-likeness (QED) is 0.300. The van der Waals surface area contributed by atoms with Crippen LogP contribution >= 0.6 is 0 Å². The molecule has 0 radical (unpaired) electrons. The van der Waals surface area contributed by atoms with Crippen LogP contribution in [0, 0.1) is 10.1 Å². The molecule has 0 bridgehead atoms. The first-order valence-electron chi connectivity index (χ1n) is 11.0. The Morgan fingerprint density at radius 2 is 1.69 bits per heavy atom. The highest BCUT2D eigenvalue weighted by molar-refractivity contribution is 6.14. The third kappa shape index (κ3) is 3.99. The van der Waals surface area contributed by atoms with Gasteiger partial charge < -0.3 is 9.47 Å². The highest BCUT2D eigenvalue weighted by Crippen LogP contribution is 2.50. The Labute approximate surface area is 200 Å². The average Bonchev–Trinajstić information content (AvgIpc) is 3.44. The Balaban J connectivity index is 1.53. The fraction of sp³-hybridized carbons (Fsp3) is 0.148. The van der Waals surface area contributed by atoms with Gasteiger partial charge in [0.05, 0.1) is 10.5 Å². The zero-order chi connectivity index (χ0) is 24.4. The fourth-order valence-electron chi connectivity index (χ4n) is 4.48. The molecule has 1 aliphatic heterocycles. The molecule has 0 N–H and O–H groups in total. The first kappa shape index (κ1) is 22.2. The molecule has 5 rings (SSSR count). The second-order valence-corrected chi connectivity index (χ2v) is 8.26. The molecule has 8 nitrogen and oxygen atoms in total. The van der Waals surface area contributed by atoms with Crippen molar-refractivity contribution in [3.05, 3.63) is 123 Å². The smallest absolute Gasteiger partial charge is 0.346 e. The van der Waals surface area contributed by atoms with E-state index in [0.717, 1.165) is 5.56 Å². The summed E-state index contributed by atoms with van der Waals surface area (Å²) in [6.07, 6.45) is 1.96. The number of cyclic esters (lactones) is 1. The topological polar surface area (TPSA) is 108 Å². The molecule has 8 heteroatoms. The van der Waals surface area contributed by atoms with E-state index in [1.807, 2.05) is 36.4 Å². The van der Waals surface area contributed by atoms with Crippen LogP contribution in [0.2, 0.25) is 0 Å². The number of carbonyl (C=O) groups excluding carboxylic acids is 2. The lowest BCUT2D eigenvalue weighted by molar-refractivity contribution is -0.384. The summed E-state index contributed by atoms with van der Waals surface area (Å²) in [5.41, 5.74) is 0.431. The normalized spacial score (nSPS) is 20.8.